The second-order valence-corrected chi connectivity index (χ2v) is 5.88. The largest absolute Gasteiger partial charge is 0.343 e. The van der Waals surface area contributed by atoms with Gasteiger partial charge in [0.2, 0.25) is 11.8 Å². The molecule has 2 amide bonds. The summed E-state index contributed by atoms with van der Waals surface area (Å²) in [7, 11) is 0. The molecule has 2 rings (SSSR count). The fourth-order valence-corrected chi connectivity index (χ4v) is 3.12. The van der Waals surface area contributed by atoms with Crippen LogP contribution in [-0.4, -0.2) is 52.1 Å². The minimum Gasteiger partial charge on any atom is -0.343 e. The summed E-state index contributed by atoms with van der Waals surface area (Å²) < 4.78 is 0. The fourth-order valence-electron chi connectivity index (χ4n) is 2.53. The molecular weight excluding hydrogens is 272 g/mol. The summed E-state index contributed by atoms with van der Waals surface area (Å²) in [4.78, 5) is 27.1. The molecular formula is C11H17BrN2O2. The van der Waals surface area contributed by atoms with E-state index in [1.54, 1.807) is 6.92 Å². The third kappa shape index (κ3) is 2.39. The van der Waals surface area contributed by atoms with E-state index in [0.717, 1.165) is 32.5 Å². The van der Waals surface area contributed by atoms with E-state index in [1.165, 1.54) is 0 Å². The molecule has 0 saturated carbocycles. The lowest BCUT2D eigenvalue weighted by Crippen LogP contribution is -2.46. The lowest BCUT2D eigenvalue weighted by molar-refractivity contribution is -0.133. The standard InChI is InChI=1S/C11H17BrN2O2/c1-8(15)13-4-2-10(3-5-13)14-7-9(12)6-11(14)16/h9-10H,2-7H2,1H3. The maximum Gasteiger partial charge on any atom is 0.224 e. The quantitative estimate of drug-likeness (QED) is 0.676. The normalized spacial score (nSPS) is 27.6. The molecule has 0 N–H and O–H groups in total. The van der Waals surface area contributed by atoms with Crippen LogP contribution < -0.4 is 0 Å². The molecule has 0 aromatic rings. The summed E-state index contributed by atoms with van der Waals surface area (Å²) in [6.45, 7) is 4.01. The van der Waals surface area contributed by atoms with Gasteiger partial charge >= 0.3 is 0 Å². The van der Waals surface area contributed by atoms with Gasteiger partial charge in [0, 0.05) is 43.8 Å². The van der Waals surface area contributed by atoms with Crippen molar-refractivity contribution in [2.45, 2.75) is 37.1 Å². The molecule has 1 atom stereocenters. The molecule has 90 valence electrons. The number of carbonyl (C=O) groups excluding carboxylic acids is 2. The van der Waals surface area contributed by atoms with Crippen LogP contribution in [0.2, 0.25) is 0 Å². The van der Waals surface area contributed by atoms with Gasteiger partial charge < -0.3 is 9.80 Å². The van der Waals surface area contributed by atoms with E-state index in [9.17, 15) is 9.59 Å². The average Bonchev–Trinajstić information content (AvgIpc) is 2.58. The smallest absolute Gasteiger partial charge is 0.224 e. The van der Waals surface area contributed by atoms with Crippen LogP contribution in [0.5, 0.6) is 0 Å². The number of hydrogen-bond acceptors (Lipinski definition) is 2. The second-order valence-electron chi connectivity index (χ2n) is 4.58. The molecule has 2 aliphatic heterocycles. The molecule has 16 heavy (non-hydrogen) atoms. The molecule has 1 unspecified atom stereocenters. The molecule has 0 aromatic carbocycles. The van der Waals surface area contributed by atoms with Crippen LogP contribution in [0.1, 0.15) is 26.2 Å². The highest BCUT2D eigenvalue weighted by Crippen LogP contribution is 2.25. The van der Waals surface area contributed by atoms with Crippen molar-refractivity contribution in [2.75, 3.05) is 19.6 Å². The first-order valence-electron chi connectivity index (χ1n) is 5.77. The van der Waals surface area contributed by atoms with E-state index in [4.69, 9.17) is 0 Å². The van der Waals surface area contributed by atoms with Crippen LogP contribution in [0.3, 0.4) is 0 Å². The molecule has 0 aromatic heterocycles. The maximum absolute atomic E-state index is 11.7. The van der Waals surface area contributed by atoms with Gasteiger partial charge in [-0.25, -0.2) is 0 Å². The van der Waals surface area contributed by atoms with Crippen molar-refractivity contribution in [3.8, 4) is 0 Å². The summed E-state index contributed by atoms with van der Waals surface area (Å²) in [5, 5.41) is 0. The van der Waals surface area contributed by atoms with Crippen LogP contribution in [0.25, 0.3) is 0 Å². The highest BCUT2D eigenvalue weighted by molar-refractivity contribution is 9.09. The Morgan fingerprint density at radius 1 is 1.38 bits per heavy atom. The minimum atomic E-state index is 0.143. The Hall–Kier alpha value is -0.580. The van der Waals surface area contributed by atoms with Crippen LogP contribution in [0.15, 0.2) is 0 Å². The molecule has 4 nitrogen and oxygen atoms in total. The number of hydrogen-bond donors (Lipinski definition) is 0. The first-order chi connectivity index (χ1) is 7.58. The molecule has 0 bridgehead atoms. The molecule has 0 aliphatic carbocycles. The lowest BCUT2D eigenvalue weighted by Gasteiger charge is -2.36. The minimum absolute atomic E-state index is 0.143. The monoisotopic (exact) mass is 288 g/mol. The number of halogens is 1. The Kier molecular flexibility index (Phi) is 3.52. The Bertz CT molecular complexity index is 300. The third-order valence-electron chi connectivity index (χ3n) is 3.46. The Balaban J connectivity index is 1.89. The molecule has 5 heteroatoms. The van der Waals surface area contributed by atoms with Crippen molar-refractivity contribution in [3.05, 3.63) is 0 Å². The van der Waals surface area contributed by atoms with E-state index >= 15 is 0 Å². The fraction of sp³-hybridized carbons (Fsp3) is 0.818. The highest BCUT2D eigenvalue weighted by atomic mass is 79.9. The molecule has 2 saturated heterocycles. The number of alkyl halides is 1. The van der Waals surface area contributed by atoms with Crippen molar-refractivity contribution in [3.63, 3.8) is 0 Å². The zero-order chi connectivity index (χ0) is 11.7. The van der Waals surface area contributed by atoms with Gasteiger partial charge in [-0.2, -0.15) is 0 Å². The van der Waals surface area contributed by atoms with E-state index in [1.807, 2.05) is 9.80 Å². The SMILES string of the molecule is CC(=O)N1CCC(N2CC(Br)CC2=O)CC1. The molecule has 0 spiro atoms. The summed E-state index contributed by atoms with van der Waals surface area (Å²) in [6.07, 6.45) is 2.46. The van der Waals surface area contributed by atoms with Crippen LogP contribution in [-0.2, 0) is 9.59 Å². The van der Waals surface area contributed by atoms with Crippen LogP contribution in [0.4, 0.5) is 0 Å². The average molecular weight is 289 g/mol. The zero-order valence-corrected chi connectivity index (χ0v) is 11.1. The summed E-state index contributed by atoms with van der Waals surface area (Å²) >= 11 is 3.49. The first-order valence-corrected chi connectivity index (χ1v) is 6.68. The van der Waals surface area contributed by atoms with Gasteiger partial charge in [-0.15, -0.1) is 0 Å². The highest BCUT2D eigenvalue weighted by Gasteiger charge is 2.34. The molecule has 2 aliphatic rings. The summed E-state index contributed by atoms with van der Waals surface area (Å²) in [5.41, 5.74) is 0. The van der Waals surface area contributed by atoms with Gasteiger partial charge in [-0.05, 0) is 12.8 Å². The van der Waals surface area contributed by atoms with Crippen molar-refractivity contribution in [1.82, 2.24) is 9.80 Å². The Morgan fingerprint density at radius 3 is 2.44 bits per heavy atom. The summed E-state index contributed by atoms with van der Waals surface area (Å²) in [6, 6.07) is 0.339. The topological polar surface area (TPSA) is 40.6 Å². The van der Waals surface area contributed by atoms with Crippen molar-refractivity contribution >= 4 is 27.7 Å². The van der Waals surface area contributed by atoms with E-state index < -0.39 is 0 Å². The zero-order valence-electron chi connectivity index (χ0n) is 9.49. The van der Waals surface area contributed by atoms with Crippen molar-refractivity contribution in [2.24, 2.45) is 0 Å². The first kappa shape index (κ1) is 11.9. The summed E-state index contributed by atoms with van der Waals surface area (Å²) in [5.74, 6) is 0.396. The van der Waals surface area contributed by atoms with E-state index in [2.05, 4.69) is 15.9 Å². The van der Waals surface area contributed by atoms with Crippen LogP contribution >= 0.6 is 15.9 Å². The predicted octanol–water partition coefficient (Wildman–Crippen LogP) is 0.993. The maximum atomic E-state index is 11.7. The predicted molar refractivity (Wildman–Crippen MR) is 64.3 cm³/mol. The third-order valence-corrected chi connectivity index (χ3v) is 4.08. The van der Waals surface area contributed by atoms with Gasteiger partial charge in [0.25, 0.3) is 0 Å². The van der Waals surface area contributed by atoms with Crippen LogP contribution in [0, 0.1) is 0 Å². The van der Waals surface area contributed by atoms with E-state index in [-0.39, 0.29) is 11.8 Å². The number of carbonyl (C=O) groups is 2. The number of likely N-dealkylation sites (tertiary alicyclic amines) is 2. The van der Waals surface area contributed by atoms with Gasteiger partial charge in [-0.1, -0.05) is 15.9 Å². The van der Waals surface area contributed by atoms with Crippen molar-refractivity contribution in [1.29, 1.82) is 0 Å². The lowest BCUT2D eigenvalue weighted by atomic mass is 10.0. The number of rotatable bonds is 1. The van der Waals surface area contributed by atoms with Crippen molar-refractivity contribution < 1.29 is 9.59 Å². The number of amides is 2. The van der Waals surface area contributed by atoms with Gasteiger partial charge in [0.05, 0.1) is 0 Å². The van der Waals surface area contributed by atoms with Gasteiger partial charge in [0.15, 0.2) is 0 Å². The van der Waals surface area contributed by atoms with E-state index in [0.29, 0.717) is 17.3 Å². The van der Waals surface area contributed by atoms with Gasteiger partial charge in [-0.3, -0.25) is 9.59 Å². The number of nitrogens with zero attached hydrogens (tertiary/aromatic N) is 2. The number of piperidine rings is 1. The molecule has 0 radical (unpaired) electrons. The Labute approximate surface area is 104 Å². The van der Waals surface area contributed by atoms with Gasteiger partial charge in [0.1, 0.15) is 0 Å². The second kappa shape index (κ2) is 4.73. The Morgan fingerprint density at radius 2 is 2.00 bits per heavy atom. The molecule has 2 fully saturated rings. The molecule has 2 heterocycles.